The maximum absolute atomic E-state index is 11.2. The third-order valence-corrected chi connectivity index (χ3v) is 2.61. The van der Waals surface area contributed by atoms with Crippen LogP contribution in [0.15, 0.2) is 36.7 Å². The van der Waals surface area contributed by atoms with Crippen LogP contribution in [0.2, 0.25) is 0 Å². The normalized spacial score (nSPS) is 10.0. The highest BCUT2D eigenvalue weighted by atomic mass is 16.5. The smallest absolute Gasteiger partial charge is 0.339 e. The van der Waals surface area contributed by atoms with Crippen LogP contribution in [0.3, 0.4) is 0 Å². The molecule has 98 valence electrons. The Morgan fingerprint density at radius 1 is 1.26 bits per heavy atom. The number of carboxylic acid groups (broad SMARTS) is 1. The Morgan fingerprint density at radius 2 is 2.05 bits per heavy atom. The highest BCUT2D eigenvalue weighted by Gasteiger charge is 2.17. The van der Waals surface area contributed by atoms with E-state index in [0.717, 1.165) is 5.56 Å². The van der Waals surface area contributed by atoms with Gasteiger partial charge >= 0.3 is 5.97 Å². The minimum Gasteiger partial charge on any atom is -0.493 e. The lowest BCUT2D eigenvalue weighted by Crippen LogP contribution is -2.02. The van der Waals surface area contributed by atoms with Crippen LogP contribution in [0.4, 0.5) is 0 Å². The lowest BCUT2D eigenvalue weighted by molar-refractivity contribution is 0.0693. The van der Waals surface area contributed by atoms with Gasteiger partial charge in [0, 0.05) is 18.0 Å². The van der Waals surface area contributed by atoms with E-state index in [2.05, 4.69) is 4.98 Å². The molecule has 5 heteroatoms. The quantitative estimate of drug-likeness (QED) is 0.914. The summed E-state index contributed by atoms with van der Waals surface area (Å²) in [6.45, 7) is 1.83. The van der Waals surface area contributed by atoms with E-state index in [9.17, 15) is 9.90 Å². The Bertz CT molecular complexity index is 610. The number of nitrogens with zero attached hydrogens (tertiary/aromatic N) is 1. The van der Waals surface area contributed by atoms with Gasteiger partial charge in [-0.25, -0.2) is 4.79 Å². The van der Waals surface area contributed by atoms with Gasteiger partial charge in [0.05, 0.1) is 7.11 Å². The Balaban J connectivity index is 2.49. The van der Waals surface area contributed by atoms with Crippen LogP contribution in [0.1, 0.15) is 15.9 Å². The van der Waals surface area contributed by atoms with Gasteiger partial charge in [0.25, 0.3) is 0 Å². The van der Waals surface area contributed by atoms with Crippen LogP contribution in [0, 0.1) is 6.92 Å². The molecule has 0 saturated heterocycles. The highest BCUT2D eigenvalue weighted by Crippen LogP contribution is 2.35. The van der Waals surface area contributed by atoms with Gasteiger partial charge in [0.15, 0.2) is 11.5 Å². The van der Waals surface area contributed by atoms with Crippen LogP contribution in [0.5, 0.6) is 17.2 Å². The van der Waals surface area contributed by atoms with E-state index in [-0.39, 0.29) is 11.3 Å². The van der Waals surface area contributed by atoms with Crippen molar-refractivity contribution in [2.45, 2.75) is 6.92 Å². The molecule has 0 aliphatic heterocycles. The van der Waals surface area contributed by atoms with Gasteiger partial charge in [-0.3, -0.25) is 4.98 Å². The van der Waals surface area contributed by atoms with Crippen molar-refractivity contribution < 1.29 is 19.4 Å². The van der Waals surface area contributed by atoms with E-state index < -0.39 is 5.97 Å². The van der Waals surface area contributed by atoms with Crippen molar-refractivity contribution in [1.29, 1.82) is 0 Å². The molecule has 0 fully saturated rings. The molecule has 2 rings (SSSR count). The first-order valence-electron chi connectivity index (χ1n) is 5.62. The fourth-order valence-electron chi connectivity index (χ4n) is 1.64. The zero-order valence-electron chi connectivity index (χ0n) is 10.6. The molecule has 0 unspecified atom stereocenters. The molecule has 1 heterocycles. The molecule has 0 atom stereocenters. The molecular formula is C14H13NO4. The maximum Gasteiger partial charge on any atom is 0.339 e. The Morgan fingerprint density at radius 3 is 2.68 bits per heavy atom. The summed E-state index contributed by atoms with van der Waals surface area (Å²) in [5.41, 5.74) is 0.861. The fraction of sp³-hybridized carbons (Fsp3) is 0.143. The lowest BCUT2D eigenvalue weighted by atomic mass is 10.2. The largest absolute Gasteiger partial charge is 0.493 e. The number of ether oxygens (including phenoxy) is 2. The molecule has 2 aromatic rings. The van der Waals surface area contributed by atoms with Gasteiger partial charge in [-0.15, -0.1) is 0 Å². The monoisotopic (exact) mass is 259 g/mol. The summed E-state index contributed by atoms with van der Waals surface area (Å²) >= 11 is 0. The second-order valence-electron chi connectivity index (χ2n) is 3.89. The standard InChI is InChI=1S/C14H13NO4/c1-9-8-15-7-6-11(9)19-13-10(14(16)17)4-3-5-12(13)18-2/h3-8H,1-2H3,(H,16,17). The summed E-state index contributed by atoms with van der Waals surface area (Å²) in [5, 5.41) is 9.19. The van der Waals surface area contributed by atoms with Crippen LogP contribution in [-0.4, -0.2) is 23.2 Å². The molecule has 5 nitrogen and oxygen atoms in total. The van der Waals surface area contributed by atoms with Gasteiger partial charge in [0.2, 0.25) is 0 Å². The van der Waals surface area contributed by atoms with Crippen molar-refractivity contribution in [1.82, 2.24) is 4.98 Å². The molecule has 1 aromatic carbocycles. The number of carboxylic acids is 1. The molecule has 0 radical (unpaired) electrons. The van der Waals surface area contributed by atoms with Crippen LogP contribution >= 0.6 is 0 Å². The van der Waals surface area contributed by atoms with Gasteiger partial charge in [0.1, 0.15) is 11.3 Å². The molecule has 0 aliphatic rings. The van der Waals surface area contributed by atoms with Gasteiger partial charge in [-0.2, -0.15) is 0 Å². The first-order chi connectivity index (χ1) is 9.13. The zero-order valence-corrected chi connectivity index (χ0v) is 10.6. The van der Waals surface area contributed by atoms with Crippen molar-refractivity contribution >= 4 is 5.97 Å². The molecular weight excluding hydrogens is 246 g/mol. The first-order valence-corrected chi connectivity index (χ1v) is 5.62. The number of carbonyl (C=O) groups is 1. The molecule has 1 aromatic heterocycles. The molecule has 0 aliphatic carbocycles. The van der Waals surface area contributed by atoms with Gasteiger partial charge < -0.3 is 14.6 Å². The second-order valence-corrected chi connectivity index (χ2v) is 3.89. The predicted molar refractivity (Wildman–Crippen MR) is 69.0 cm³/mol. The molecule has 0 spiro atoms. The minimum atomic E-state index is -1.07. The average Bonchev–Trinajstić information content (AvgIpc) is 2.41. The summed E-state index contributed by atoms with van der Waals surface area (Å²) in [7, 11) is 1.47. The summed E-state index contributed by atoms with van der Waals surface area (Å²) in [6.07, 6.45) is 3.23. The number of hydrogen-bond donors (Lipinski definition) is 1. The fourth-order valence-corrected chi connectivity index (χ4v) is 1.64. The van der Waals surface area contributed by atoms with E-state index in [1.54, 1.807) is 30.6 Å². The number of pyridine rings is 1. The van der Waals surface area contributed by atoms with E-state index in [1.165, 1.54) is 13.2 Å². The number of rotatable bonds is 4. The van der Waals surface area contributed by atoms with Crippen LogP contribution in [-0.2, 0) is 0 Å². The van der Waals surface area contributed by atoms with E-state index in [4.69, 9.17) is 9.47 Å². The maximum atomic E-state index is 11.2. The number of aromatic nitrogens is 1. The second kappa shape index (κ2) is 5.39. The van der Waals surface area contributed by atoms with Gasteiger partial charge in [-0.05, 0) is 25.1 Å². The van der Waals surface area contributed by atoms with Crippen LogP contribution < -0.4 is 9.47 Å². The number of para-hydroxylation sites is 1. The summed E-state index contributed by atoms with van der Waals surface area (Å²) < 4.78 is 10.8. The Labute approximate surface area is 110 Å². The Kier molecular flexibility index (Phi) is 3.66. The number of aryl methyl sites for hydroxylation is 1. The summed E-state index contributed by atoms with van der Waals surface area (Å²) in [6, 6.07) is 6.40. The highest BCUT2D eigenvalue weighted by molar-refractivity contribution is 5.92. The number of hydrogen-bond acceptors (Lipinski definition) is 4. The number of benzene rings is 1. The predicted octanol–water partition coefficient (Wildman–Crippen LogP) is 2.89. The van der Waals surface area contributed by atoms with Crippen LogP contribution in [0.25, 0.3) is 0 Å². The summed E-state index contributed by atoms with van der Waals surface area (Å²) in [4.78, 5) is 15.2. The van der Waals surface area contributed by atoms with Crippen molar-refractivity contribution in [3.05, 3.63) is 47.8 Å². The van der Waals surface area contributed by atoms with Gasteiger partial charge in [-0.1, -0.05) is 6.07 Å². The van der Waals surface area contributed by atoms with Crippen molar-refractivity contribution in [3.63, 3.8) is 0 Å². The average molecular weight is 259 g/mol. The molecule has 1 N–H and O–H groups in total. The van der Waals surface area contributed by atoms with E-state index in [1.807, 2.05) is 6.92 Å². The first kappa shape index (κ1) is 12.9. The van der Waals surface area contributed by atoms with Crippen molar-refractivity contribution in [2.75, 3.05) is 7.11 Å². The number of methoxy groups -OCH3 is 1. The lowest BCUT2D eigenvalue weighted by Gasteiger charge is -2.13. The molecule has 19 heavy (non-hydrogen) atoms. The third-order valence-electron chi connectivity index (χ3n) is 2.61. The topological polar surface area (TPSA) is 68.7 Å². The Hall–Kier alpha value is -2.56. The van der Waals surface area contributed by atoms with E-state index >= 15 is 0 Å². The van der Waals surface area contributed by atoms with Crippen molar-refractivity contribution in [3.8, 4) is 17.2 Å². The molecule has 0 amide bonds. The molecule has 0 saturated carbocycles. The summed E-state index contributed by atoms with van der Waals surface area (Å²) in [5.74, 6) is 0.0329. The van der Waals surface area contributed by atoms with Crippen molar-refractivity contribution in [2.24, 2.45) is 0 Å². The van der Waals surface area contributed by atoms with E-state index in [0.29, 0.717) is 11.5 Å². The number of aromatic carboxylic acids is 1. The third kappa shape index (κ3) is 2.65. The molecule has 0 bridgehead atoms. The SMILES string of the molecule is COc1cccc(C(=O)O)c1Oc1ccncc1C. The minimum absolute atomic E-state index is 0.0514. The zero-order chi connectivity index (χ0) is 13.8.